The first-order valence-electron chi connectivity index (χ1n) is 6.21. The van der Waals surface area contributed by atoms with E-state index in [4.69, 9.17) is 9.47 Å². The monoisotopic (exact) mass is 268 g/mol. The molecule has 1 saturated carbocycles. The summed E-state index contributed by atoms with van der Waals surface area (Å²) in [6.07, 6.45) is 2.54. The van der Waals surface area contributed by atoms with Crippen LogP contribution >= 0.6 is 0 Å². The van der Waals surface area contributed by atoms with E-state index in [1.807, 2.05) is 0 Å². The van der Waals surface area contributed by atoms with Crippen molar-refractivity contribution in [3.05, 3.63) is 23.5 Å². The van der Waals surface area contributed by atoms with E-state index in [9.17, 15) is 14.3 Å². The predicted molar refractivity (Wildman–Crippen MR) is 67.3 cm³/mol. The summed E-state index contributed by atoms with van der Waals surface area (Å²) in [5.41, 5.74) is -0.791. The van der Waals surface area contributed by atoms with Crippen molar-refractivity contribution in [1.82, 2.24) is 0 Å². The molecule has 0 aliphatic heterocycles. The summed E-state index contributed by atoms with van der Waals surface area (Å²) in [4.78, 5) is 11.7. The van der Waals surface area contributed by atoms with Crippen LogP contribution in [0.2, 0.25) is 0 Å². The van der Waals surface area contributed by atoms with Crippen LogP contribution in [-0.4, -0.2) is 25.3 Å². The third-order valence-corrected chi connectivity index (χ3v) is 3.84. The molecule has 0 amide bonds. The van der Waals surface area contributed by atoms with Gasteiger partial charge in [-0.25, -0.2) is 4.39 Å². The lowest BCUT2D eigenvalue weighted by molar-refractivity contribution is -0.143. The Labute approximate surface area is 111 Å². The van der Waals surface area contributed by atoms with Gasteiger partial charge in [-0.15, -0.1) is 0 Å². The average molecular weight is 268 g/mol. The topological polar surface area (TPSA) is 55.8 Å². The Morgan fingerprint density at radius 2 is 1.89 bits per heavy atom. The number of aliphatic carboxylic acids is 1. The van der Waals surface area contributed by atoms with Gasteiger partial charge in [0.05, 0.1) is 19.8 Å². The molecule has 0 saturated heterocycles. The van der Waals surface area contributed by atoms with Crippen molar-refractivity contribution in [2.24, 2.45) is 0 Å². The minimum Gasteiger partial charge on any atom is -0.496 e. The number of rotatable bonds is 4. The van der Waals surface area contributed by atoms with E-state index in [-0.39, 0.29) is 5.75 Å². The van der Waals surface area contributed by atoms with Crippen LogP contribution in [0, 0.1) is 5.82 Å². The quantitative estimate of drug-likeness (QED) is 0.912. The molecule has 19 heavy (non-hydrogen) atoms. The van der Waals surface area contributed by atoms with Crippen molar-refractivity contribution >= 4 is 5.97 Å². The highest BCUT2D eigenvalue weighted by molar-refractivity contribution is 5.84. The smallest absolute Gasteiger partial charge is 0.314 e. The van der Waals surface area contributed by atoms with Crippen LogP contribution in [-0.2, 0) is 10.2 Å². The molecule has 0 bridgehead atoms. The Bertz CT molecular complexity index is 492. The molecule has 0 unspecified atom stereocenters. The molecule has 5 heteroatoms. The van der Waals surface area contributed by atoms with Crippen LogP contribution < -0.4 is 9.47 Å². The number of ether oxygens (including phenoxy) is 2. The molecule has 0 aromatic heterocycles. The van der Waals surface area contributed by atoms with Gasteiger partial charge in [-0.1, -0.05) is 12.8 Å². The van der Waals surface area contributed by atoms with Gasteiger partial charge in [-0.2, -0.15) is 0 Å². The fraction of sp³-hybridized carbons (Fsp3) is 0.500. The van der Waals surface area contributed by atoms with Gasteiger partial charge in [0.15, 0.2) is 11.6 Å². The molecule has 1 aromatic rings. The summed E-state index contributed by atoms with van der Waals surface area (Å²) in [7, 11) is 2.78. The molecule has 4 nitrogen and oxygen atoms in total. The lowest BCUT2D eigenvalue weighted by Gasteiger charge is -2.28. The van der Waals surface area contributed by atoms with Gasteiger partial charge in [-0.3, -0.25) is 4.79 Å². The summed E-state index contributed by atoms with van der Waals surface area (Å²) in [5, 5.41) is 9.61. The number of benzene rings is 1. The number of carbonyl (C=O) groups is 1. The van der Waals surface area contributed by atoms with E-state index in [2.05, 4.69) is 0 Å². The van der Waals surface area contributed by atoms with E-state index in [0.717, 1.165) is 12.8 Å². The highest BCUT2D eigenvalue weighted by Gasteiger charge is 2.47. The van der Waals surface area contributed by atoms with Crippen molar-refractivity contribution in [2.75, 3.05) is 14.2 Å². The van der Waals surface area contributed by atoms with Crippen LogP contribution in [0.25, 0.3) is 0 Å². The van der Waals surface area contributed by atoms with Crippen LogP contribution in [0.4, 0.5) is 4.39 Å². The lowest BCUT2D eigenvalue weighted by atomic mass is 9.77. The minimum absolute atomic E-state index is 0.0244. The summed E-state index contributed by atoms with van der Waals surface area (Å²) >= 11 is 0. The highest BCUT2D eigenvalue weighted by atomic mass is 19.1. The van der Waals surface area contributed by atoms with Gasteiger partial charge in [0.1, 0.15) is 11.2 Å². The second-order valence-corrected chi connectivity index (χ2v) is 4.75. The molecular weight excluding hydrogens is 251 g/mol. The second kappa shape index (κ2) is 5.07. The molecule has 1 fully saturated rings. The fourth-order valence-electron chi connectivity index (χ4n) is 2.91. The van der Waals surface area contributed by atoms with E-state index < -0.39 is 17.2 Å². The zero-order valence-electron chi connectivity index (χ0n) is 11.0. The summed E-state index contributed by atoms with van der Waals surface area (Å²) in [5.74, 6) is -1.18. The Morgan fingerprint density at radius 1 is 1.26 bits per heavy atom. The minimum atomic E-state index is -1.11. The molecule has 0 heterocycles. The number of carboxylic acids is 1. The van der Waals surface area contributed by atoms with Crippen molar-refractivity contribution in [2.45, 2.75) is 31.1 Å². The van der Waals surface area contributed by atoms with Crippen LogP contribution in [0.15, 0.2) is 12.1 Å². The standard InChI is InChI=1S/C14H17FO4/c1-18-10-6-5-9(15)12(19-2)11(10)14(13(16)17)7-3-4-8-14/h5-6H,3-4,7-8H2,1-2H3,(H,16,17). The maximum atomic E-state index is 13.9. The molecule has 0 radical (unpaired) electrons. The molecule has 0 spiro atoms. The summed E-state index contributed by atoms with van der Waals surface area (Å²) < 4.78 is 24.2. The van der Waals surface area contributed by atoms with Crippen molar-refractivity contribution in [3.8, 4) is 11.5 Å². The number of carboxylic acid groups (broad SMARTS) is 1. The number of hydrogen-bond donors (Lipinski definition) is 1. The zero-order valence-corrected chi connectivity index (χ0v) is 11.0. The first kappa shape index (κ1) is 13.6. The fourth-order valence-corrected chi connectivity index (χ4v) is 2.91. The number of methoxy groups -OCH3 is 2. The van der Waals surface area contributed by atoms with Gasteiger partial charge in [0, 0.05) is 0 Å². The number of hydrogen-bond acceptors (Lipinski definition) is 3. The van der Waals surface area contributed by atoms with Crippen molar-refractivity contribution < 1.29 is 23.8 Å². The summed E-state index contributed by atoms with van der Waals surface area (Å²) in [6.45, 7) is 0. The van der Waals surface area contributed by atoms with Crippen LogP contribution in [0.3, 0.4) is 0 Å². The van der Waals surface area contributed by atoms with Gasteiger partial charge in [0.2, 0.25) is 0 Å². The van der Waals surface area contributed by atoms with Gasteiger partial charge in [-0.05, 0) is 25.0 Å². The van der Waals surface area contributed by atoms with Crippen LogP contribution in [0.1, 0.15) is 31.2 Å². The van der Waals surface area contributed by atoms with Crippen molar-refractivity contribution in [1.29, 1.82) is 0 Å². The Hall–Kier alpha value is -1.78. The predicted octanol–water partition coefficient (Wildman–Crippen LogP) is 2.74. The molecule has 1 aliphatic carbocycles. The molecule has 104 valence electrons. The molecule has 0 atom stereocenters. The van der Waals surface area contributed by atoms with Gasteiger partial charge >= 0.3 is 5.97 Å². The molecule has 1 aromatic carbocycles. The van der Waals surface area contributed by atoms with Gasteiger partial charge < -0.3 is 14.6 Å². The largest absolute Gasteiger partial charge is 0.496 e. The maximum Gasteiger partial charge on any atom is 0.314 e. The highest BCUT2D eigenvalue weighted by Crippen LogP contribution is 2.49. The zero-order chi connectivity index (χ0) is 14.0. The van der Waals surface area contributed by atoms with Gasteiger partial charge in [0.25, 0.3) is 0 Å². The normalized spacial score (nSPS) is 17.2. The Morgan fingerprint density at radius 3 is 2.37 bits per heavy atom. The van der Waals surface area contributed by atoms with E-state index in [0.29, 0.717) is 24.2 Å². The van der Waals surface area contributed by atoms with E-state index >= 15 is 0 Å². The first-order valence-corrected chi connectivity index (χ1v) is 6.21. The third-order valence-electron chi connectivity index (χ3n) is 3.84. The maximum absolute atomic E-state index is 13.9. The van der Waals surface area contributed by atoms with Crippen molar-refractivity contribution in [3.63, 3.8) is 0 Å². The average Bonchev–Trinajstić information content (AvgIpc) is 2.88. The Kier molecular flexibility index (Phi) is 3.64. The second-order valence-electron chi connectivity index (χ2n) is 4.75. The van der Waals surface area contributed by atoms with Crippen LogP contribution in [0.5, 0.6) is 11.5 Å². The van der Waals surface area contributed by atoms with E-state index in [1.54, 1.807) is 0 Å². The lowest BCUT2D eigenvalue weighted by Crippen LogP contribution is -2.33. The SMILES string of the molecule is COc1ccc(F)c(OC)c1C1(C(=O)O)CCCC1. The molecule has 1 aliphatic rings. The molecule has 1 N–H and O–H groups in total. The first-order chi connectivity index (χ1) is 9.06. The molecule has 2 rings (SSSR count). The van der Waals surface area contributed by atoms with E-state index in [1.165, 1.54) is 26.4 Å². The third kappa shape index (κ3) is 2.03. The summed E-state index contributed by atoms with van der Waals surface area (Å²) in [6, 6.07) is 2.68. The number of halogens is 1. The molecular formula is C14H17FO4. The Balaban J connectivity index is 2.71.